The average Bonchev–Trinajstić information content (AvgIpc) is 2.27. The Morgan fingerprint density at radius 1 is 1.28 bits per heavy atom. The van der Waals surface area contributed by atoms with E-state index in [0.717, 1.165) is 0 Å². The first-order valence-corrected chi connectivity index (χ1v) is 5.70. The number of likely N-dealkylation sites (N-methyl/N-ethyl adjacent to an activating group) is 1. The summed E-state index contributed by atoms with van der Waals surface area (Å²) in [5, 5.41) is 9.37. The Kier molecular flexibility index (Phi) is 4.97. The molecule has 0 saturated carbocycles. The Morgan fingerprint density at radius 3 is 2.44 bits per heavy atom. The van der Waals surface area contributed by atoms with Crippen molar-refractivity contribution < 1.29 is 14.7 Å². The number of carbonyl (C=O) groups excluding carboxylic acids is 1. The Morgan fingerprint density at radius 2 is 1.94 bits per heavy atom. The first kappa shape index (κ1) is 14.3. The normalized spacial score (nSPS) is 9.94. The van der Waals surface area contributed by atoms with E-state index in [0.29, 0.717) is 10.7 Å². The minimum Gasteiger partial charge on any atom is -0.480 e. The maximum Gasteiger partial charge on any atom is 0.323 e. The fourth-order valence-corrected chi connectivity index (χ4v) is 1.56. The number of aliphatic carboxylic acids is 1. The molecule has 0 aliphatic heterocycles. The van der Waals surface area contributed by atoms with E-state index in [2.05, 4.69) is 0 Å². The van der Waals surface area contributed by atoms with Gasteiger partial charge in [-0.3, -0.25) is 9.59 Å². The fraction of sp³-hybridized carbons (Fsp3) is 0.333. The van der Waals surface area contributed by atoms with Crippen molar-refractivity contribution >= 4 is 29.2 Å². The molecule has 1 rings (SSSR count). The van der Waals surface area contributed by atoms with Crippen LogP contribution < -0.4 is 4.90 Å². The van der Waals surface area contributed by atoms with Crippen LogP contribution in [0.15, 0.2) is 24.3 Å². The van der Waals surface area contributed by atoms with E-state index in [-0.39, 0.29) is 19.0 Å². The van der Waals surface area contributed by atoms with Gasteiger partial charge in [0.15, 0.2) is 0 Å². The molecule has 1 aromatic carbocycles. The molecule has 6 heteroatoms. The van der Waals surface area contributed by atoms with E-state index in [9.17, 15) is 9.59 Å². The van der Waals surface area contributed by atoms with E-state index >= 15 is 0 Å². The van der Waals surface area contributed by atoms with Gasteiger partial charge < -0.3 is 14.9 Å². The third-order valence-corrected chi connectivity index (χ3v) is 2.56. The second kappa shape index (κ2) is 6.26. The lowest BCUT2D eigenvalue weighted by molar-refractivity contribution is -0.135. The third kappa shape index (κ3) is 4.25. The van der Waals surface area contributed by atoms with E-state index in [1.54, 1.807) is 38.4 Å². The molecule has 5 nitrogen and oxygen atoms in total. The molecular weight excluding hydrogens is 256 g/mol. The van der Waals surface area contributed by atoms with Gasteiger partial charge in [-0.05, 0) is 18.2 Å². The van der Waals surface area contributed by atoms with Crippen LogP contribution in [0.25, 0.3) is 0 Å². The van der Waals surface area contributed by atoms with Gasteiger partial charge in [0, 0.05) is 24.8 Å². The molecule has 0 aliphatic carbocycles. The first-order chi connectivity index (χ1) is 8.40. The minimum atomic E-state index is -0.999. The number of nitrogens with zero attached hydrogens (tertiary/aromatic N) is 2. The van der Waals surface area contributed by atoms with Crippen LogP contribution in [0.2, 0.25) is 5.02 Å². The molecule has 1 amide bonds. The summed E-state index contributed by atoms with van der Waals surface area (Å²) in [6.45, 7) is -0.250. The monoisotopic (exact) mass is 270 g/mol. The van der Waals surface area contributed by atoms with Crippen molar-refractivity contribution in [1.82, 2.24) is 4.90 Å². The summed E-state index contributed by atoms with van der Waals surface area (Å²) in [7, 11) is 3.25. The van der Waals surface area contributed by atoms with Crippen molar-refractivity contribution in [2.24, 2.45) is 0 Å². The van der Waals surface area contributed by atoms with Gasteiger partial charge in [-0.25, -0.2) is 0 Å². The van der Waals surface area contributed by atoms with Crippen molar-refractivity contribution in [2.75, 3.05) is 32.1 Å². The van der Waals surface area contributed by atoms with Crippen molar-refractivity contribution in [3.63, 3.8) is 0 Å². The largest absolute Gasteiger partial charge is 0.480 e. The van der Waals surface area contributed by atoms with Gasteiger partial charge in [-0.1, -0.05) is 17.7 Å². The second-order valence-corrected chi connectivity index (χ2v) is 4.45. The molecule has 0 saturated heterocycles. The number of halogens is 1. The van der Waals surface area contributed by atoms with Gasteiger partial charge in [0.05, 0.1) is 6.54 Å². The Balaban J connectivity index is 2.91. The number of hydrogen-bond donors (Lipinski definition) is 1. The minimum absolute atomic E-state index is 0.000355. The zero-order chi connectivity index (χ0) is 13.7. The van der Waals surface area contributed by atoms with Gasteiger partial charge in [-0.15, -0.1) is 0 Å². The Hall–Kier alpha value is -1.75. The van der Waals surface area contributed by atoms with Gasteiger partial charge >= 0.3 is 5.97 Å². The van der Waals surface area contributed by atoms with Crippen LogP contribution in [0, 0.1) is 0 Å². The quantitative estimate of drug-likeness (QED) is 0.877. The molecule has 0 spiro atoms. The highest BCUT2D eigenvalue weighted by Crippen LogP contribution is 2.19. The van der Waals surface area contributed by atoms with E-state index in [1.807, 2.05) is 0 Å². The molecule has 0 fully saturated rings. The molecule has 0 atom stereocenters. The summed E-state index contributed by atoms with van der Waals surface area (Å²) in [4.78, 5) is 25.4. The predicted molar refractivity (Wildman–Crippen MR) is 70.0 cm³/mol. The van der Waals surface area contributed by atoms with Crippen molar-refractivity contribution in [3.05, 3.63) is 29.3 Å². The molecule has 18 heavy (non-hydrogen) atoms. The average molecular weight is 271 g/mol. The molecule has 98 valence electrons. The lowest BCUT2D eigenvalue weighted by atomic mass is 10.2. The maximum absolute atomic E-state index is 11.7. The summed E-state index contributed by atoms with van der Waals surface area (Å²) < 4.78 is 0. The summed E-state index contributed by atoms with van der Waals surface area (Å²) in [5.41, 5.74) is 0.611. The second-order valence-electron chi connectivity index (χ2n) is 4.02. The number of hydrogen-bond acceptors (Lipinski definition) is 3. The topological polar surface area (TPSA) is 60.9 Å². The SMILES string of the molecule is CN(C)C(=O)CN(CC(=O)O)c1cccc(Cl)c1. The Labute approximate surface area is 111 Å². The van der Waals surface area contributed by atoms with Crippen LogP contribution in [-0.2, 0) is 9.59 Å². The smallest absolute Gasteiger partial charge is 0.323 e. The van der Waals surface area contributed by atoms with Crippen LogP contribution in [0.4, 0.5) is 5.69 Å². The zero-order valence-electron chi connectivity index (χ0n) is 10.3. The molecule has 1 aromatic rings. The number of anilines is 1. The van der Waals surface area contributed by atoms with Crippen molar-refractivity contribution in [1.29, 1.82) is 0 Å². The third-order valence-electron chi connectivity index (χ3n) is 2.32. The summed E-state index contributed by atoms with van der Waals surface area (Å²) in [6.07, 6.45) is 0. The molecule has 0 unspecified atom stereocenters. The number of carboxylic acids is 1. The van der Waals surface area contributed by atoms with Gasteiger partial charge in [0.1, 0.15) is 6.54 Å². The maximum atomic E-state index is 11.7. The zero-order valence-corrected chi connectivity index (χ0v) is 11.0. The van der Waals surface area contributed by atoms with Crippen LogP contribution in [0.1, 0.15) is 0 Å². The number of rotatable bonds is 5. The van der Waals surface area contributed by atoms with E-state index in [4.69, 9.17) is 16.7 Å². The van der Waals surface area contributed by atoms with Crippen LogP contribution >= 0.6 is 11.6 Å². The summed E-state index contributed by atoms with van der Waals surface area (Å²) >= 11 is 5.86. The highest BCUT2D eigenvalue weighted by molar-refractivity contribution is 6.30. The molecular formula is C12H15ClN2O3. The lowest BCUT2D eigenvalue weighted by Gasteiger charge is -2.24. The highest BCUT2D eigenvalue weighted by Gasteiger charge is 2.16. The van der Waals surface area contributed by atoms with Crippen LogP contribution in [0.3, 0.4) is 0 Å². The molecule has 1 N–H and O–H groups in total. The van der Waals surface area contributed by atoms with Gasteiger partial charge in [0.2, 0.25) is 5.91 Å². The van der Waals surface area contributed by atoms with E-state index in [1.165, 1.54) is 9.80 Å². The number of carbonyl (C=O) groups is 2. The van der Waals surface area contributed by atoms with Crippen molar-refractivity contribution in [3.8, 4) is 0 Å². The highest BCUT2D eigenvalue weighted by atomic mass is 35.5. The van der Waals surface area contributed by atoms with Gasteiger partial charge in [0.25, 0.3) is 0 Å². The number of benzene rings is 1. The molecule has 0 bridgehead atoms. The molecule has 0 aliphatic rings. The standard InChI is InChI=1S/C12H15ClN2O3/c1-14(2)11(16)7-15(8-12(17)18)10-5-3-4-9(13)6-10/h3-6H,7-8H2,1-2H3,(H,17,18). The summed E-state index contributed by atoms with van der Waals surface area (Å²) in [5.74, 6) is -1.17. The molecule has 0 aromatic heterocycles. The number of amides is 1. The molecule has 0 radical (unpaired) electrons. The van der Waals surface area contributed by atoms with Crippen LogP contribution in [-0.4, -0.2) is 49.1 Å². The lowest BCUT2D eigenvalue weighted by Crippen LogP contribution is -2.39. The van der Waals surface area contributed by atoms with Crippen LogP contribution in [0.5, 0.6) is 0 Å². The van der Waals surface area contributed by atoms with E-state index < -0.39 is 5.97 Å². The Bertz CT molecular complexity index is 449. The summed E-state index contributed by atoms with van der Waals surface area (Å²) in [6, 6.07) is 6.76. The molecule has 0 heterocycles. The fourth-order valence-electron chi connectivity index (χ4n) is 1.38. The number of carboxylic acid groups (broad SMARTS) is 1. The predicted octanol–water partition coefficient (Wildman–Crippen LogP) is 1.32. The van der Waals surface area contributed by atoms with Gasteiger partial charge in [-0.2, -0.15) is 0 Å². The van der Waals surface area contributed by atoms with Crippen molar-refractivity contribution in [2.45, 2.75) is 0 Å². The first-order valence-electron chi connectivity index (χ1n) is 5.32.